The predicted octanol–water partition coefficient (Wildman–Crippen LogP) is 0.323. The molecule has 3 heterocycles. The number of benzene rings is 1. The van der Waals surface area contributed by atoms with Gasteiger partial charge in [0, 0.05) is 40.3 Å². The van der Waals surface area contributed by atoms with Crippen molar-refractivity contribution in [2.24, 2.45) is 14.1 Å². The number of fused-ring (bicyclic) bond motifs is 1. The van der Waals surface area contributed by atoms with Crippen molar-refractivity contribution in [2.45, 2.75) is 32.3 Å². The van der Waals surface area contributed by atoms with Crippen molar-refractivity contribution in [2.75, 3.05) is 26.2 Å². The highest BCUT2D eigenvalue weighted by Gasteiger charge is 2.31. The first kappa shape index (κ1) is 22.4. The van der Waals surface area contributed by atoms with Gasteiger partial charge in [-0.15, -0.1) is 0 Å². The molecule has 0 atom stereocenters. The summed E-state index contributed by atoms with van der Waals surface area (Å²) in [5.74, 6) is 0. The molecule has 1 aromatic carbocycles. The van der Waals surface area contributed by atoms with Crippen LogP contribution in [0.1, 0.15) is 16.7 Å². The van der Waals surface area contributed by atoms with Crippen LogP contribution in [0, 0.1) is 20.8 Å². The molecule has 172 valence electrons. The number of hydrogen-bond donors (Lipinski definition) is 0. The van der Waals surface area contributed by atoms with Crippen molar-refractivity contribution in [1.82, 2.24) is 27.9 Å². The Morgan fingerprint density at radius 1 is 0.938 bits per heavy atom. The minimum absolute atomic E-state index is 0.237. The van der Waals surface area contributed by atoms with E-state index in [-0.39, 0.29) is 5.52 Å². The van der Waals surface area contributed by atoms with Crippen LogP contribution in [-0.2, 0) is 30.8 Å². The van der Waals surface area contributed by atoms with E-state index in [4.69, 9.17) is 0 Å². The summed E-state index contributed by atoms with van der Waals surface area (Å²) in [5, 5.41) is 0. The van der Waals surface area contributed by atoms with Crippen LogP contribution in [0.25, 0.3) is 11.2 Å². The largest absolute Gasteiger partial charge is 0.332 e. The van der Waals surface area contributed by atoms with Gasteiger partial charge in [0.05, 0.1) is 17.9 Å². The van der Waals surface area contributed by atoms with Crippen LogP contribution in [-0.4, -0.2) is 62.5 Å². The van der Waals surface area contributed by atoms with Crippen LogP contribution in [0.2, 0.25) is 0 Å². The maximum atomic E-state index is 13.3. The number of nitrogens with zero attached hydrogens (tertiary/aromatic N) is 6. The summed E-state index contributed by atoms with van der Waals surface area (Å²) in [7, 11) is -0.544. The zero-order chi connectivity index (χ0) is 23.4. The van der Waals surface area contributed by atoms with E-state index >= 15 is 0 Å². The van der Waals surface area contributed by atoms with Gasteiger partial charge in [0.25, 0.3) is 5.56 Å². The first-order valence-corrected chi connectivity index (χ1v) is 11.9. The van der Waals surface area contributed by atoms with E-state index in [1.165, 1.54) is 15.9 Å². The molecule has 10 nitrogen and oxygen atoms in total. The minimum Gasteiger partial charge on any atom is -0.303 e. The average molecular weight is 461 g/mol. The highest BCUT2D eigenvalue weighted by molar-refractivity contribution is 7.89. The molecule has 3 aromatic rings. The lowest BCUT2D eigenvalue weighted by atomic mass is 10.1. The molecule has 0 bridgehead atoms. The van der Waals surface area contributed by atoms with Gasteiger partial charge in [0.2, 0.25) is 10.0 Å². The van der Waals surface area contributed by atoms with Crippen molar-refractivity contribution >= 4 is 21.2 Å². The van der Waals surface area contributed by atoms with Crippen molar-refractivity contribution in [3.05, 3.63) is 56.0 Å². The lowest BCUT2D eigenvalue weighted by Gasteiger charge is -2.34. The van der Waals surface area contributed by atoms with Crippen LogP contribution in [0.15, 0.2) is 32.9 Å². The maximum absolute atomic E-state index is 13.3. The van der Waals surface area contributed by atoms with E-state index in [1.54, 1.807) is 17.9 Å². The Morgan fingerprint density at radius 2 is 1.53 bits per heavy atom. The second-order valence-corrected chi connectivity index (χ2v) is 10.4. The van der Waals surface area contributed by atoms with Gasteiger partial charge in [-0.1, -0.05) is 17.7 Å². The van der Waals surface area contributed by atoms with E-state index < -0.39 is 21.3 Å². The van der Waals surface area contributed by atoms with Crippen molar-refractivity contribution in [1.29, 1.82) is 0 Å². The number of aromatic nitrogens is 4. The lowest BCUT2D eigenvalue weighted by molar-refractivity contribution is 0.153. The number of rotatable bonds is 4. The summed E-state index contributed by atoms with van der Waals surface area (Å²) in [6, 6.07) is 3.80. The third-order valence-electron chi connectivity index (χ3n) is 6.10. The van der Waals surface area contributed by atoms with Crippen LogP contribution in [0.4, 0.5) is 0 Å². The Kier molecular flexibility index (Phi) is 5.60. The highest BCUT2D eigenvalue weighted by atomic mass is 32.2. The molecule has 32 heavy (non-hydrogen) atoms. The van der Waals surface area contributed by atoms with Crippen molar-refractivity contribution < 1.29 is 8.42 Å². The fourth-order valence-electron chi connectivity index (χ4n) is 4.57. The molecule has 1 aliphatic heterocycles. The molecule has 1 fully saturated rings. The molecule has 0 radical (unpaired) electrons. The van der Waals surface area contributed by atoms with E-state index in [0.717, 1.165) is 21.3 Å². The van der Waals surface area contributed by atoms with E-state index in [0.29, 0.717) is 43.4 Å². The van der Waals surface area contributed by atoms with Gasteiger partial charge < -0.3 is 4.57 Å². The molecule has 0 saturated carbocycles. The molecule has 11 heteroatoms. The maximum Gasteiger partial charge on any atom is 0.332 e. The molecule has 0 amide bonds. The Balaban J connectivity index is 1.54. The Labute approximate surface area is 186 Å². The summed E-state index contributed by atoms with van der Waals surface area (Å²) < 4.78 is 32.4. The number of imidazole rings is 1. The molecule has 1 saturated heterocycles. The van der Waals surface area contributed by atoms with E-state index in [1.807, 2.05) is 32.9 Å². The molecule has 2 aromatic heterocycles. The zero-order valence-corrected chi connectivity index (χ0v) is 19.8. The topological polar surface area (TPSA) is 102 Å². The second-order valence-electron chi connectivity index (χ2n) is 8.48. The Morgan fingerprint density at radius 3 is 2.12 bits per heavy atom. The molecular formula is C21H28N6O4S. The van der Waals surface area contributed by atoms with E-state index in [9.17, 15) is 18.0 Å². The van der Waals surface area contributed by atoms with Crippen molar-refractivity contribution in [3.8, 4) is 0 Å². The smallest absolute Gasteiger partial charge is 0.303 e. The lowest BCUT2D eigenvalue weighted by Crippen LogP contribution is -2.49. The number of sulfonamides is 1. The zero-order valence-electron chi connectivity index (χ0n) is 19.0. The summed E-state index contributed by atoms with van der Waals surface area (Å²) in [6.07, 6.45) is 1.55. The third-order valence-corrected chi connectivity index (χ3v) is 8.30. The molecular weight excluding hydrogens is 432 g/mol. The first-order chi connectivity index (χ1) is 15.0. The molecule has 4 rings (SSSR count). The summed E-state index contributed by atoms with van der Waals surface area (Å²) in [6.45, 7) is 7.83. The SMILES string of the molecule is Cc1cc(C)c(S(=O)(=O)N2CCN(Cn3cnc4c(=O)n(C)c(=O)n(C)c43)CC2)c(C)c1. The minimum atomic E-state index is -3.58. The van der Waals surface area contributed by atoms with Gasteiger partial charge in [-0.25, -0.2) is 18.2 Å². The summed E-state index contributed by atoms with van der Waals surface area (Å²) >= 11 is 0. The predicted molar refractivity (Wildman–Crippen MR) is 121 cm³/mol. The summed E-state index contributed by atoms with van der Waals surface area (Å²) in [5.41, 5.74) is 2.42. The van der Waals surface area contributed by atoms with Gasteiger partial charge >= 0.3 is 5.69 Å². The normalized spacial score (nSPS) is 16.2. The van der Waals surface area contributed by atoms with Gasteiger partial charge in [-0.05, 0) is 31.9 Å². The van der Waals surface area contributed by atoms with Crippen LogP contribution < -0.4 is 11.2 Å². The Bertz CT molecular complexity index is 1400. The Hall–Kier alpha value is -2.76. The van der Waals surface area contributed by atoms with Crippen LogP contribution in [0.5, 0.6) is 0 Å². The number of aryl methyl sites for hydroxylation is 4. The highest BCUT2D eigenvalue weighted by Crippen LogP contribution is 2.26. The first-order valence-electron chi connectivity index (χ1n) is 10.4. The van der Waals surface area contributed by atoms with Crippen LogP contribution >= 0.6 is 0 Å². The molecule has 0 aliphatic carbocycles. The molecule has 0 unspecified atom stereocenters. The quantitative estimate of drug-likeness (QED) is 0.556. The average Bonchev–Trinajstić information content (AvgIpc) is 3.14. The number of hydrogen-bond acceptors (Lipinski definition) is 6. The second kappa shape index (κ2) is 7.98. The fraction of sp³-hybridized carbons (Fsp3) is 0.476. The molecule has 0 N–H and O–H groups in total. The monoisotopic (exact) mass is 460 g/mol. The number of piperazine rings is 1. The van der Waals surface area contributed by atoms with Gasteiger partial charge in [-0.2, -0.15) is 4.31 Å². The van der Waals surface area contributed by atoms with Crippen LogP contribution in [0.3, 0.4) is 0 Å². The van der Waals surface area contributed by atoms with Gasteiger partial charge in [0.1, 0.15) is 0 Å². The third kappa shape index (κ3) is 3.59. The van der Waals surface area contributed by atoms with E-state index in [2.05, 4.69) is 9.88 Å². The fourth-order valence-corrected chi connectivity index (χ4v) is 6.41. The van der Waals surface area contributed by atoms with Crippen molar-refractivity contribution in [3.63, 3.8) is 0 Å². The summed E-state index contributed by atoms with van der Waals surface area (Å²) in [4.78, 5) is 31.3. The van der Waals surface area contributed by atoms with Gasteiger partial charge in [0.15, 0.2) is 11.2 Å². The molecule has 1 aliphatic rings. The van der Waals surface area contributed by atoms with Gasteiger partial charge in [-0.3, -0.25) is 18.8 Å². The standard InChI is InChI=1S/C21H28N6O4S/c1-14-10-15(2)18(16(3)11-14)32(30,31)27-8-6-25(7-9-27)13-26-12-22-17-19(26)23(4)21(29)24(5)20(17)28/h10-12H,6-9,13H2,1-5H3. The molecule has 0 spiro atoms.